The number of aromatic nitrogens is 2. The predicted octanol–water partition coefficient (Wildman–Crippen LogP) is 2.13. The summed E-state index contributed by atoms with van der Waals surface area (Å²) in [5.74, 6) is 0.119. The Labute approximate surface area is 144 Å². The molecule has 1 heterocycles. The molecule has 1 unspecified atom stereocenters. The zero-order valence-electron chi connectivity index (χ0n) is 14.1. The summed E-state index contributed by atoms with van der Waals surface area (Å²) in [6.07, 6.45) is 5.10. The zero-order valence-corrected chi connectivity index (χ0v) is 14.1. The lowest BCUT2D eigenvalue weighted by Gasteiger charge is -2.29. The van der Waals surface area contributed by atoms with Crippen LogP contribution in [0.4, 0.5) is 11.4 Å². The molecule has 8 nitrogen and oxygen atoms in total. The zero-order chi connectivity index (χ0) is 18.2. The molecule has 0 radical (unpaired) electrons. The first-order valence-electron chi connectivity index (χ1n) is 8.05. The number of aryl methyl sites for hydroxylation is 1. The molecule has 1 fully saturated rings. The molecule has 0 aliphatic heterocycles. The van der Waals surface area contributed by atoms with Crippen LogP contribution < -0.4 is 5.32 Å². The number of benzene rings is 1. The number of carbonyl (C=O) groups excluding carboxylic acids is 1. The number of ketones is 1. The van der Waals surface area contributed by atoms with Crippen LogP contribution in [0.25, 0.3) is 0 Å². The number of anilines is 1. The van der Waals surface area contributed by atoms with E-state index in [0.29, 0.717) is 5.69 Å². The molecule has 1 aliphatic carbocycles. The number of carbonyl (C=O) groups is 1. The summed E-state index contributed by atoms with van der Waals surface area (Å²) in [6.45, 7) is 1.73. The number of nitrogens with zero attached hydrogens (tertiary/aromatic N) is 3. The van der Waals surface area contributed by atoms with E-state index in [1.165, 1.54) is 24.4 Å². The average molecular weight is 344 g/mol. The Kier molecular flexibility index (Phi) is 4.30. The van der Waals surface area contributed by atoms with E-state index in [-0.39, 0.29) is 35.4 Å². The number of aliphatic hydroxyl groups excluding tert-OH is 1. The second kappa shape index (κ2) is 6.29. The fourth-order valence-corrected chi connectivity index (χ4v) is 2.94. The Balaban J connectivity index is 1.95. The highest BCUT2D eigenvalue weighted by Crippen LogP contribution is 2.42. The van der Waals surface area contributed by atoms with Crippen molar-refractivity contribution >= 4 is 17.2 Å². The maximum atomic E-state index is 12.5. The van der Waals surface area contributed by atoms with E-state index in [2.05, 4.69) is 10.3 Å². The summed E-state index contributed by atoms with van der Waals surface area (Å²) in [4.78, 5) is 27.5. The third-order valence-corrected chi connectivity index (χ3v) is 4.71. The van der Waals surface area contributed by atoms with Crippen molar-refractivity contribution in [2.45, 2.75) is 25.3 Å². The Morgan fingerprint density at radius 2 is 2.24 bits per heavy atom. The highest BCUT2D eigenvalue weighted by atomic mass is 16.6. The summed E-state index contributed by atoms with van der Waals surface area (Å²) in [5.41, 5.74) is -0.315. The minimum atomic E-state index is -0.615. The molecular formula is C17H20N4O4. The maximum Gasteiger partial charge on any atom is 0.293 e. The Morgan fingerprint density at radius 3 is 2.76 bits per heavy atom. The van der Waals surface area contributed by atoms with Crippen LogP contribution >= 0.6 is 0 Å². The van der Waals surface area contributed by atoms with Gasteiger partial charge in [0, 0.05) is 31.1 Å². The van der Waals surface area contributed by atoms with Crippen molar-refractivity contribution in [2.24, 2.45) is 13.0 Å². The number of hydrogen-bond donors (Lipinski definition) is 2. The second-order valence-corrected chi connectivity index (χ2v) is 6.65. The van der Waals surface area contributed by atoms with Gasteiger partial charge in [0.15, 0.2) is 5.82 Å². The van der Waals surface area contributed by atoms with Crippen molar-refractivity contribution in [3.8, 4) is 0 Å². The van der Waals surface area contributed by atoms with Crippen LogP contribution in [0.1, 0.15) is 35.9 Å². The van der Waals surface area contributed by atoms with Gasteiger partial charge in [0.2, 0.25) is 5.78 Å². The third-order valence-electron chi connectivity index (χ3n) is 4.71. The van der Waals surface area contributed by atoms with Gasteiger partial charge >= 0.3 is 0 Å². The van der Waals surface area contributed by atoms with Crippen molar-refractivity contribution in [3.05, 3.63) is 52.1 Å². The number of imidazole rings is 1. The first-order valence-corrected chi connectivity index (χ1v) is 8.05. The molecule has 2 N–H and O–H groups in total. The summed E-state index contributed by atoms with van der Waals surface area (Å²) in [7, 11) is 1.69. The number of nitro groups is 1. The van der Waals surface area contributed by atoms with Crippen molar-refractivity contribution in [2.75, 3.05) is 11.9 Å². The number of nitro benzene ring substituents is 1. The van der Waals surface area contributed by atoms with Crippen LogP contribution in [0.15, 0.2) is 30.6 Å². The van der Waals surface area contributed by atoms with Crippen molar-refractivity contribution in [1.29, 1.82) is 0 Å². The third kappa shape index (κ3) is 3.25. The van der Waals surface area contributed by atoms with Crippen LogP contribution in [-0.2, 0) is 7.05 Å². The van der Waals surface area contributed by atoms with E-state index in [0.717, 1.165) is 12.8 Å². The van der Waals surface area contributed by atoms with Gasteiger partial charge in [-0.1, -0.05) is 0 Å². The molecule has 8 heteroatoms. The molecule has 0 bridgehead atoms. The smallest absolute Gasteiger partial charge is 0.293 e. The van der Waals surface area contributed by atoms with Gasteiger partial charge in [0.05, 0.1) is 17.1 Å². The monoisotopic (exact) mass is 344 g/mol. The van der Waals surface area contributed by atoms with Crippen LogP contribution in [-0.4, -0.2) is 37.5 Å². The molecule has 1 aromatic carbocycles. The molecule has 2 aromatic rings. The van der Waals surface area contributed by atoms with Crippen LogP contribution in [0.5, 0.6) is 0 Å². The van der Waals surface area contributed by atoms with E-state index in [9.17, 15) is 20.0 Å². The number of hydrogen-bond acceptors (Lipinski definition) is 6. The molecule has 132 valence electrons. The fraction of sp³-hybridized carbons (Fsp3) is 0.412. The molecule has 3 rings (SSSR count). The molecule has 0 saturated heterocycles. The highest BCUT2D eigenvalue weighted by Gasteiger charge is 2.42. The number of aliphatic hydroxyl groups is 1. The Morgan fingerprint density at radius 1 is 1.52 bits per heavy atom. The molecule has 1 saturated carbocycles. The maximum absolute atomic E-state index is 12.5. The minimum Gasteiger partial charge on any atom is -0.394 e. The highest BCUT2D eigenvalue weighted by molar-refractivity contribution is 6.07. The fourth-order valence-electron chi connectivity index (χ4n) is 2.94. The van der Waals surface area contributed by atoms with Gasteiger partial charge in [0.1, 0.15) is 5.69 Å². The Bertz CT molecular complexity index is 828. The summed E-state index contributed by atoms with van der Waals surface area (Å²) in [6, 6.07) is 4.31. The average Bonchev–Trinajstić information content (AvgIpc) is 3.37. The van der Waals surface area contributed by atoms with Crippen LogP contribution in [0.3, 0.4) is 0 Å². The molecule has 1 atom stereocenters. The molecule has 1 aliphatic rings. The van der Waals surface area contributed by atoms with Gasteiger partial charge in [0.25, 0.3) is 5.69 Å². The van der Waals surface area contributed by atoms with Gasteiger partial charge in [-0.15, -0.1) is 0 Å². The topological polar surface area (TPSA) is 110 Å². The molecular weight excluding hydrogens is 324 g/mol. The Hall–Kier alpha value is -2.74. The van der Waals surface area contributed by atoms with Gasteiger partial charge in [-0.25, -0.2) is 4.98 Å². The van der Waals surface area contributed by atoms with Crippen LogP contribution in [0, 0.1) is 16.0 Å². The van der Waals surface area contributed by atoms with E-state index in [1.54, 1.807) is 17.8 Å². The number of rotatable bonds is 7. The predicted molar refractivity (Wildman–Crippen MR) is 91.6 cm³/mol. The standard InChI is InChI=1S/C17H20N4O4/c1-17(10-22,12-4-5-12)19-13-6-3-11(9-14(13)21(24)25)15(23)16-18-7-8-20(16)2/h3,6-9,12,19,22H,4-5,10H2,1-2H3. The van der Waals surface area contributed by atoms with Crippen LogP contribution in [0.2, 0.25) is 0 Å². The lowest BCUT2D eigenvalue weighted by molar-refractivity contribution is -0.384. The molecule has 25 heavy (non-hydrogen) atoms. The van der Waals surface area contributed by atoms with Crippen molar-refractivity contribution in [3.63, 3.8) is 0 Å². The van der Waals surface area contributed by atoms with Crippen molar-refractivity contribution in [1.82, 2.24) is 9.55 Å². The molecule has 0 spiro atoms. The molecule has 1 aromatic heterocycles. The van der Waals surface area contributed by atoms with Gasteiger partial charge in [-0.2, -0.15) is 0 Å². The lowest BCUT2D eigenvalue weighted by atomic mass is 9.96. The van der Waals surface area contributed by atoms with E-state index >= 15 is 0 Å². The second-order valence-electron chi connectivity index (χ2n) is 6.65. The first kappa shape index (κ1) is 17.1. The van der Waals surface area contributed by atoms with Gasteiger partial charge in [-0.05, 0) is 37.8 Å². The number of nitrogens with one attached hydrogen (secondary N) is 1. The first-order chi connectivity index (χ1) is 11.9. The largest absolute Gasteiger partial charge is 0.394 e. The quantitative estimate of drug-likeness (QED) is 0.452. The lowest BCUT2D eigenvalue weighted by Crippen LogP contribution is -2.41. The summed E-state index contributed by atoms with van der Waals surface area (Å²) < 4.78 is 1.57. The SMILES string of the molecule is Cn1ccnc1C(=O)c1ccc(NC(C)(CO)C2CC2)c([N+](=O)[O-])c1. The van der Waals surface area contributed by atoms with Gasteiger partial charge in [-0.3, -0.25) is 14.9 Å². The van der Waals surface area contributed by atoms with E-state index < -0.39 is 10.5 Å². The normalized spacial score (nSPS) is 16.3. The minimum absolute atomic E-state index is 0.122. The molecule has 0 amide bonds. The van der Waals surface area contributed by atoms with Gasteiger partial charge < -0.3 is 15.0 Å². The van der Waals surface area contributed by atoms with E-state index in [4.69, 9.17) is 0 Å². The van der Waals surface area contributed by atoms with E-state index in [1.807, 2.05) is 6.92 Å². The summed E-state index contributed by atoms with van der Waals surface area (Å²) in [5, 5.41) is 24.3. The van der Waals surface area contributed by atoms with Crippen molar-refractivity contribution < 1.29 is 14.8 Å². The summed E-state index contributed by atoms with van der Waals surface area (Å²) >= 11 is 0.